The van der Waals surface area contributed by atoms with Crippen LogP contribution in [0.3, 0.4) is 0 Å². The Kier molecular flexibility index (Phi) is 4.87. The van der Waals surface area contributed by atoms with E-state index in [-0.39, 0.29) is 31.4 Å². The van der Waals surface area contributed by atoms with Crippen LogP contribution in [-0.2, 0) is 16.1 Å². The van der Waals surface area contributed by atoms with Crippen LogP contribution in [0.2, 0.25) is 0 Å². The summed E-state index contributed by atoms with van der Waals surface area (Å²) in [7, 11) is 0. The van der Waals surface area contributed by atoms with Crippen molar-refractivity contribution in [2.24, 2.45) is 5.73 Å². The molecule has 0 aliphatic carbocycles. The second-order valence-electron chi connectivity index (χ2n) is 2.97. The third kappa shape index (κ3) is 4.47. The molecule has 4 N–H and O–H groups in total. The highest BCUT2D eigenvalue weighted by atomic mass is 16.2. The zero-order chi connectivity index (χ0) is 11.8. The maximum atomic E-state index is 11.2. The van der Waals surface area contributed by atoms with Crippen molar-refractivity contribution >= 4 is 11.8 Å². The number of nitrogens with zero attached hydrogens (tertiary/aromatic N) is 2. The Hall–Kier alpha value is -2.02. The first kappa shape index (κ1) is 12.1. The Bertz CT molecular complexity index is 354. The van der Waals surface area contributed by atoms with Crippen LogP contribution in [0.15, 0.2) is 18.3 Å². The molecule has 0 unspecified atom stereocenters. The van der Waals surface area contributed by atoms with Crippen LogP contribution in [-0.4, -0.2) is 35.1 Å². The van der Waals surface area contributed by atoms with Crippen molar-refractivity contribution in [2.75, 3.05) is 13.1 Å². The molecule has 16 heavy (non-hydrogen) atoms. The molecule has 0 saturated carbocycles. The van der Waals surface area contributed by atoms with E-state index in [1.807, 2.05) is 0 Å². The Morgan fingerprint density at radius 1 is 1.31 bits per heavy atom. The summed E-state index contributed by atoms with van der Waals surface area (Å²) < 4.78 is 0. The van der Waals surface area contributed by atoms with Crippen LogP contribution < -0.4 is 16.4 Å². The van der Waals surface area contributed by atoms with Gasteiger partial charge in [0.15, 0.2) is 0 Å². The number of hydrogen-bond donors (Lipinski definition) is 3. The third-order valence-electron chi connectivity index (χ3n) is 1.73. The molecule has 0 aliphatic rings. The summed E-state index contributed by atoms with van der Waals surface area (Å²) in [6.45, 7) is 0.0684. The molecule has 1 heterocycles. The summed E-state index contributed by atoms with van der Waals surface area (Å²) in [4.78, 5) is 22.0. The summed E-state index contributed by atoms with van der Waals surface area (Å²) in [5, 5.41) is 12.4. The molecule has 1 rings (SSSR count). The molecule has 86 valence electrons. The van der Waals surface area contributed by atoms with E-state index in [1.165, 1.54) is 0 Å². The smallest absolute Gasteiger partial charge is 0.239 e. The lowest BCUT2D eigenvalue weighted by Crippen LogP contribution is -2.39. The Morgan fingerprint density at radius 2 is 2.12 bits per heavy atom. The van der Waals surface area contributed by atoms with E-state index in [2.05, 4.69) is 20.8 Å². The summed E-state index contributed by atoms with van der Waals surface area (Å²) in [6, 6.07) is 3.47. The molecule has 7 nitrogen and oxygen atoms in total. The molecule has 0 bridgehead atoms. The van der Waals surface area contributed by atoms with Gasteiger partial charge in [0.05, 0.1) is 25.3 Å². The second-order valence-corrected chi connectivity index (χ2v) is 2.97. The van der Waals surface area contributed by atoms with Gasteiger partial charge in [0.2, 0.25) is 11.8 Å². The van der Waals surface area contributed by atoms with Gasteiger partial charge >= 0.3 is 0 Å². The Balaban J connectivity index is 2.23. The lowest BCUT2D eigenvalue weighted by molar-refractivity contribution is -0.125. The summed E-state index contributed by atoms with van der Waals surface area (Å²) >= 11 is 0. The van der Waals surface area contributed by atoms with Crippen molar-refractivity contribution in [3.63, 3.8) is 0 Å². The molecule has 0 atom stereocenters. The highest BCUT2D eigenvalue weighted by Crippen LogP contribution is 1.88. The third-order valence-corrected chi connectivity index (χ3v) is 1.73. The minimum Gasteiger partial charge on any atom is -0.349 e. The SMILES string of the molecule is NCC(=O)NCC(=O)NCc1cccnn1. The van der Waals surface area contributed by atoms with E-state index in [9.17, 15) is 9.59 Å². The molecule has 0 radical (unpaired) electrons. The number of nitrogens with two attached hydrogens (primary N) is 1. The lowest BCUT2D eigenvalue weighted by atomic mass is 10.4. The van der Waals surface area contributed by atoms with E-state index in [1.54, 1.807) is 18.3 Å². The van der Waals surface area contributed by atoms with Gasteiger partial charge in [-0.2, -0.15) is 10.2 Å². The highest BCUT2D eigenvalue weighted by molar-refractivity contribution is 5.85. The fourth-order valence-corrected chi connectivity index (χ4v) is 0.930. The van der Waals surface area contributed by atoms with Crippen molar-refractivity contribution < 1.29 is 9.59 Å². The predicted molar refractivity (Wildman–Crippen MR) is 55.9 cm³/mol. The second kappa shape index (κ2) is 6.46. The molecular weight excluding hydrogens is 210 g/mol. The fraction of sp³-hybridized carbons (Fsp3) is 0.333. The van der Waals surface area contributed by atoms with E-state index in [0.29, 0.717) is 5.69 Å². The normalized spacial score (nSPS) is 9.56. The molecule has 1 aromatic heterocycles. The number of nitrogens with one attached hydrogen (secondary N) is 2. The largest absolute Gasteiger partial charge is 0.349 e. The van der Waals surface area contributed by atoms with Crippen LogP contribution in [0.25, 0.3) is 0 Å². The lowest BCUT2D eigenvalue weighted by Gasteiger charge is -2.05. The van der Waals surface area contributed by atoms with Gasteiger partial charge in [0, 0.05) is 6.20 Å². The average molecular weight is 223 g/mol. The molecule has 0 aromatic carbocycles. The van der Waals surface area contributed by atoms with E-state index < -0.39 is 0 Å². The van der Waals surface area contributed by atoms with Crippen molar-refractivity contribution in [1.29, 1.82) is 0 Å². The first-order valence-corrected chi connectivity index (χ1v) is 4.72. The van der Waals surface area contributed by atoms with Gasteiger partial charge in [0.25, 0.3) is 0 Å². The first-order valence-electron chi connectivity index (χ1n) is 4.72. The zero-order valence-corrected chi connectivity index (χ0v) is 8.64. The number of rotatable bonds is 5. The van der Waals surface area contributed by atoms with Gasteiger partial charge in [-0.05, 0) is 12.1 Å². The number of hydrogen-bond acceptors (Lipinski definition) is 5. The monoisotopic (exact) mass is 223 g/mol. The molecule has 1 aromatic rings. The zero-order valence-electron chi connectivity index (χ0n) is 8.64. The fourth-order valence-electron chi connectivity index (χ4n) is 0.930. The van der Waals surface area contributed by atoms with Crippen LogP contribution >= 0.6 is 0 Å². The van der Waals surface area contributed by atoms with Crippen molar-refractivity contribution in [2.45, 2.75) is 6.54 Å². The minimum absolute atomic E-state index is 0.0870. The summed E-state index contributed by atoms with van der Waals surface area (Å²) in [5.74, 6) is -0.665. The van der Waals surface area contributed by atoms with Crippen molar-refractivity contribution in [1.82, 2.24) is 20.8 Å². The van der Waals surface area contributed by atoms with Gasteiger partial charge in [-0.1, -0.05) is 0 Å². The molecule has 0 saturated heterocycles. The maximum absolute atomic E-state index is 11.2. The van der Waals surface area contributed by atoms with E-state index in [4.69, 9.17) is 5.73 Å². The van der Waals surface area contributed by atoms with Crippen LogP contribution in [0.4, 0.5) is 0 Å². The maximum Gasteiger partial charge on any atom is 0.239 e. The number of aromatic nitrogens is 2. The number of carbonyl (C=O) groups is 2. The van der Waals surface area contributed by atoms with Gasteiger partial charge in [0.1, 0.15) is 0 Å². The molecular formula is C9H13N5O2. The van der Waals surface area contributed by atoms with Gasteiger partial charge in [-0.15, -0.1) is 0 Å². The van der Waals surface area contributed by atoms with Crippen LogP contribution in [0, 0.1) is 0 Å². The number of amides is 2. The molecule has 2 amide bonds. The van der Waals surface area contributed by atoms with Gasteiger partial charge in [-0.3, -0.25) is 9.59 Å². The van der Waals surface area contributed by atoms with E-state index >= 15 is 0 Å². The molecule has 0 spiro atoms. The first-order chi connectivity index (χ1) is 7.72. The summed E-state index contributed by atoms with van der Waals surface area (Å²) in [5.41, 5.74) is 5.71. The summed E-state index contributed by atoms with van der Waals surface area (Å²) in [6.07, 6.45) is 1.55. The highest BCUT2D eigenvalue weighted by Gasteiger charge is 2.03. The molecule has 7 heteroatoms. The van der Waals surface area contributed by atoms with Crippen molar-refractivity contribution in [3.8, 4) is 0 Å². The average Bonchev–Trinajstić information content (AvgIpc) is 2.34. The Labute approximate surface area is 92.4 Å². The Morgan fingerprint density at radius 3 is 2.75 bits per heavy atom. The van der Waals surface area contributed by atoms with E-state index in [0.717, 1.165) is 0 Å². The molecule has 0 aliphatic heterocycles. The predicted octanol–water partition coefficient (Wildman–Crippen LogP) is -1.83. The van der Waals surface area contributed by atoms with Crippen molar-refractivity contribution in [3.05, 3.63) is 24.0 Å². The van der Waals surface area contributed by atoms with Crippen LogP contribution in [0.1, 0.15) is 5.69 Å². The minimum atomic E-state index is -0.366. The van der Waals surface area contributed by atoms with Gasteiger partial charge in [-0.25, -0.2) is 0 Å². The quantitative estimate of drug-likeness (QED) is 0.543. The van der Waals surface area contributed by atoms with Crippen LogP contribution in [0.5, 0.6) is 0 Å². The van der Waals surface area contributed by atoms with Gasteiger partial charge < -0.3 is 16.4 Å². The standard InChI is InChI=1S/C9H13N5O2/c10-4-8(15)12-6-9(16)11-5-7-2-1-3-13-14-7/h1-3H,4-6,10H2,(H,11,16)(H,12,15). The number of carbonyl (C=O) groups excluding carboxylic acids is 2. The molecule has 0 fully saturated rings. The topological polar surface area (TPSA) is 110 Å².